The molecule has 192 valence electrons. The predicted octanol–water partition coefficient (Wildman–Crippen LogP) is 4.46. The second kappa shape index (κ2) is 10.7. The lowest BCUT2D eigenvalue weighted by atomic mass is 10.1. The van der Waals surface area contributed by atoms with Crippen LogP contribution in [-0.2, 0) is 19.6 Å². The maximum atomic E-state index is 13.5. The molecule has 0 radical (unpaired) electrons. The fourth-order valence-corrected chi connectivity index (χ4v) is 6.75. The van der Waals surface area contributed by atoms with Crippen LogP contribution in [0.2, 0.25) is 0 Å². The Kier molecular flexibility index (Phi) is 7.87. The molecule has 2 aromatic rings. The van der Waals surface area contributed by atoms with Gasteiger partial charge in [-0.1, -0.05) is 48.9 Å². The van der Waals surface area contributed by atoms with Crippen LogP contribution < -0.4 is 5.32 Å². The first-order chi connectivity index (χ1) is 17.1. The van der Waals surface area contributed by atoms with Gasteiger partial charge in [0.1, 0.15) is 5.25 Å². The first kappa shape index (κ1) is 26.4. The zero-order valence-corrected chi connectivity index (χ0v) is 22.7. The summed E-state index contributed by atoms with van der Waals surface area (Å²) < 4.78 is 26.3. The Bertz CT molecular complexity index is 1280. The number of anilines is 1. The summed E-state index contributed by atoms with van der Waals surface area (Å²) in [5.41, 5.74) is 3.17. The van der Waals surface area contributed by atoms with E-state index in [0.717, 1.165) is 46.8 Å². The maximum Gasteiger partial charge on any atom is 0.242 e. The molecule has 1 atom stereocenters. The van der Waals surface area contributed by atoms with Gasteiger partial charge in [0.15, 0.2) is 5.17 Å². The lowest BCUT2D eigenvalue weighted by Crippen LogP contribution is -2.40. The van der Waals surface area contributed by atoms with Crippen LogP contribution >= 0.6 is 11.8 Å². The van der Waals surface area contributed by atoms with E-state index in [2.05, 4.69) is 5.32 Å². The van der Waals surface area contributed by atoms with E-state index in [1.54, 1.807) is 17.0 Å². The van der Waals surface area contributed by atoms with E-state index >= 15 is 0 Å². The molecule has 1 saturated carbocycles. The van der Waals surface area contributed by atoms with Gasteiger partial charge in [0.25, 0.3) is 0 Å². The standard InChI is InChI=1S/C26H32N4O4S2/c1-17-9-7-10-18(2)24(17)28-23(31)16-22-25(32)30(20-12-5-6-13-20)26(35-22)27-19-11-8-14-21(15-19)36(33,34)29(3)4/h7-11,14-15,20,22H,5-6,12-13,16H2,1-4H3,(H,28,31)/t22-/m1/s1. The Morgan fingerprint density at radius 2 is 1.75 bits per heavy atom. The highest BCUT2D eigenvalue weighted by molar-refractivity contribution is 8.15. The Morgan fingerprint density at radius 3 is 2.39 bits per heavy atom. The number of carbonyl (C=O) groups excluding carboxylic acids is 2. The van der Waals surface area contributed by atoms with E-state index in [9.17, 15) is 18.0 Å². The fraction of sp³-hybridized carbons (Fsp3) is 0.423. The van der Waals surface area contributed by atoms with E-state index < -0.39 is 15.3 Å². The summed E-state index contributed by atoms with van der Waals surface area (Å²) in [5, 5.41) is 2.92. The smallest absolute Gasteiger partial charge is 0.242 e. The van der Waals surface area contributed by atoms with E-state index in [1.807, 2.05) is 32.0 Å². The second-order valence-corrected chi connectivity index (χ2v) is 12.8. The SMILES string of the molecule is Cc1cccc(C)c1NC(=O)C[C@H]1SC(=Nc2cccc(S(=O)(=O)N(C)C)c2)N(C2CCCC2)C1=O. The van der Waals surface area contributed by atoms with Gasteiger partial charge in [-0.2, -0.15) is 0 Å². The topological polar surface area (TPSA) is 99.1 Å². The first-order valence-corrected chi connectivity index (χ1v) is 14.4. The summed E-state index contributed by atoms with van der Waals surface area (Å²) in [5.74, 6) is -0.329. The molecule has 2 aliphatic rings. The number of para-hydroxylation sites is 1. The molecule has 36 heavy (non-hydrogen) atoms. The molecule has 1 aliphatic carbocycles. The normalized spacial score (nSPS) is 20.0. The molecule has 2 aromatic carbocycles. The summed E-state index contributed by atoms with van der Waals surface area (Å²) in [4.78, 5) is 33.0. The molecule has 0 unspecified atom stereocenters. The molecule has 1 N–H and O–H groups in total. The van der Waals surface area contributed by atoms with E-state index in [1.165, 1.54) is 38.0 Å². The second-order valence-electron chi connectivity index (χ2n) is 9.45. The van der Waals surface area contributed by atoms with E-state index in [0.29, 0.717) is 10.9 Å². The zero-order chi connectivity index (χ0) is 26.0. The quantitative estimate of drug-likeness (QED) is 0.572. The number of nitrogens with zero attached hydrogens (tertiary/aromatic N) is 3. The molecule has 0 bridgehead atoms. The molecule has 2 fully saturated rings. The molecule has 1 heterocycles. The van der Waals surface area contributed by atoms with Crippen molar-refractivity contribution in [3.63, 3.8) is 0 Å². The van der Waals surface area contributed by atoms with Crippen LogP contribution in [0.5, 0.6) is 0 Å². The van der Waals surface area contributed by atoms with Crippen LogP contribution in [-0.4, -0.2) is 60.0 Å². The van der Waals surface area contributed by atoms with Crippen LogP contribution in [0.3, 0.4) is 0 Å². The molecule has 1 saturated heterocycles. The number of aliphatic imine (C=N–C) groups is 1. The average Bonchev–Trinajstić information content (AvgIpc) is 3.44. The van der Waals surface area contributed by atoms with Gasteiger partial charge < -0.3 is 5.32 Å². The van der Waals surface area contributed by atoms with Crippen molar-refractivity contribution in [2.24, 2.45) is 4.99 Å². The number of nitrogens with one attached hydrogen (secondary N) is 1. The summed E-state index contributed by atoms with van der Waals surface area (Å²) in [7, 11) is -0.650. The third-order valence-electron chi connectivity index (χ3n) is 6.59. The van der Waals surface area contributed by atoms with Crippen molar-refractivity contribution in [1.82, 2.24) is 9.21 Å². The van der Waals surface area contributed by atoms with Crippen molar-refractivity contribution in [2.45, 2.75) is 62.1 Å². The minimum absolute atomic E-state index is 0.0363. The molecule has 0 aromatic heterocycles. The number of carbonyl (C=O) groups is 2. The largest absolute Gasteiger partial charge is 0.326 e. The Morgan fingerprint density at radius 1 is 1.11 bits per heavy atom. The maximum absolute atomic E-state index is 13.5. The van der Waals surface area contributed by atoms with Crippen molar-refractivity contribution >= 4 is 50.1 Å². The van der Waals surface area contributed by atoms with Crippen molar-refractivity contribution in [1.29, 1.82) is 0 Å². The van der Waals surface area contributed by atoms with Crippen molar-refractivity contribution in [3.8, 4) is 0 Å². The highest BCUT2D eigenvalue weighted by Crippen LogP contribution is 2.37. The number of amidine groups is 1. The van der Waals surface area contributed by atoms with Gasteiger partial charge in [0.2, 0.25) is 21.8 Å². The summed E-state index contributed by atoms with van der Waals surface area (Å²) in [6, 6.07) is 12.3. The number of hydrogen-bond donors (Lipinski definition) is 1. The van der Waals surface area contributed by atoms with Crippen molar-refractivity contribution in [2.75, 3.05) is 19.4 Å². The number of hydrogen-bond acceptors (Lipinski definition) is 6. The number of benzene rings is 2. The van der Waals surface area contributed by atoms with Gasteiger partial charge in [-0.05, 0) is 56.0 Å². The van der Waals surface area contributed by atoms with Gasteiger partial charge >= 0.3 is 0 Å². The number of aryl methyl sites for hydroxylation is 2. The number of thioether (sulfide) groups is 1. The van der Waals surface area contributed by atoms with Crippen LogP contribution in [0, 0.1) is 13.8 Å². The Labute approximate surface area is 217 Å². The van der Waals surface area contributed by atoms with Gasteiger partial charge in [-0.3, -0.25) is 14.5 Å². The van der Waals surface area contributed by atoms with Gasteiger partial charge in [-0.25, -0.2) is 17.7 Å². The molecule has 0 spiro atoms. The fourth-order valence-electron chi connectivity index (χ4n) is 4.60. The number of amides is 2. The molecule has 8 nitrogen and oxygen atoms in total. The minimum atomic E-state index is -3.61. The highest BCUT2D eigenvalue weighted by Gasteiger charge is 2.43. The molecule has 2 amide bonds. The lowest BCUT2D eigenvalue weighted by molar-refractivity contribution is -0.129. The molecule has 4 rings (SSSR count). The van der Waals surface area contributed by atoms with E-state index in [-0.39, 0.29) is 29.2 Å². The summed E-state index contributed by atoms with van der Waals surface area (Å²) in [6.07, 6.45) is 3.90. The van der Waals surface area contributed by atoms with Gasteiger partial charge in [-0.15, -0.1) is 0 Å². The van der Waals surface area contributed by atoms with Gasteiger partial charge in [0, 0.05) is 32.2 Å². The number of rotatable bonds is 7. The molecular weight excluding hydrogens is 496 g/mol. The lowest BCUT2D eigenvalue weighted by Gasteiger charge is -2.23. The third kappa shape index (κ3) is 5.50. The van der Waals surface area contributed by atoms with Crippen LogP contribution in [0.1, 0.15) is 43.2 Å². The van der Waals surface area contributed by atoms with Crippen LogP contribution in [0.4, 0.5) is 11.4 Å². The minimum Gasteiger partial charge on any atom is -0.326 e. The summed E-state index contributed by atoms with van der Waals surface area (Å²) >= 11 is 1.28. The monoisotopic (exact) mass is 528 g/mol. The van der Waals surface area contributed by atoms with Crippen molar-refractivity contribution in [3.05, 3.63) is 53.6 Å². The summed E-state index contributed by atoms with van der Waals surface area (Å²) in [6.45, 7) is 3.88. The number of sulfonamides is 1. The van der Waals surface area contributed by atoms with Crippen molar-refractivity contribution < 1.29 is 18.0 Å². The Balaban J connectivity index is 1.59. The Hall–Kier alpha value is -2.69. The van der Waals surface area contributed by atoms with E-state index in [4.69, 9.17) is 4.99 Å². The predicted molar refractivity (Wildman–Crippen MR) is 144 cm³/mol. The first-order valence-electron chi connectivity index (χ1n) is 12.0. The highest BCUT2D eigenvalue weighted by atomic mass is 32.2. The van der Waals surface area contributed by atoms with Crippen LogP contribution in [0.15, 0.2) is 52.4 Å². The average molecular weight is 529 g/mol. The zero-order valence-electron chi connectivity index (χ0n) is 21.0. The van der Waals surface area contributed by atoms with Gasteiger partial charge in [0.05, 0.1) is 10.6 Å². The molecule has 1 aliphatic heterocycles. The molecular formula is C26H32N4O4S2. The molecule has 10 heteroatoms. The third-order valence-corrected chi connectivity index (χ3v) is 9.56. The van der Waals surface area contributed by atoms with Crippen LogP contribution in [0.25, 0.3) is 0 Å².